The Hall–Kier alpha value is -1.20. The van der Waals surface area contributed by atoms with Crippen molar-refractivity contribution >= 4 is 22.4 Å². The molecule has 0 spiro atoms. The fourth-order valence-corrected chi connectivity index (χ4v) is 4.12. The molecule has 20 heavy (non-hydrogen) atoms. The van der Waals surface area contributed by atoms with E-state index in [1.54, 1.807) is 0 Å². The maximum absolute atomic E-state index is 12.0. The minimum Gasteiger partial charge on any atom is -0.326 e. The van der Waals surface area contributed by atoms with Crippen LogP contribution < -0.4 is 11.1 Å². The van der Waals surface area contributed by atoms with Crippen LogP contribution in [0.4, 0.5) is 5.69 Å². The molecule has 1 saturated carbocycles. The van der Waals surface area contributed by atoms with Gasteiger partial charge in [-0.15, -0.1) is 0 Å². The Balaban J connectivity index is 1.81. The molecular formula is C15H22N2O2S. The molecule has 1 aromatic rings. The van der Waals surface area contributed by atoms with Gasteiger partial charge in [0.25, 0.3) is 0 Å². The first-order valence-corrected chi connectivity index (χ1v) is 8.54. The molecular weight excluding hydrogens is 272 g/mol. The van der Waals surface area contributed by atoms with E-state index < -0.39 is 10.8 Å². The first-order valence-electron chi connectivity index (χ1n) is 7.15. The van der Waals surface area contributed by atoms with Crippen LogP contribution in [-0.2, 0) is 22.1 Å². The van der Waals surface area contributed by atoms with Crippen molar-refractivity contribution in [3.8, 4) is 0 Å². The van der Waals surface area contributed by atoms with E-state index in [0.717, 1.165) is 24.1 Å². The third-order valence-electron chi connectivity index (χ3n) is 3.72. The van der Waals surface area contributed by atoms with E-state index in [1.165, 1.54) is 12.8 Å². The first kappa shape index (κ1) is 15.2. The monoisotopic (exact) mass is 294 g/mol. The molecule has 1 unspecified atom stereocenters. The normalized spacial score (nSPS) is 17.1. The van der Waals surface area contributed by atoms with Crippen LogP contribution in [0, 0.1) is 0 Å². The van der Waals surface area contributed by atoms with Crippen LogP contribution in [0.25, 0.3) is 0 Å². The third kappa shape index (κ3) is 4.15. The van der Waals surface area contributed by atoms with Gasteiger partial charge in [-0.1, -0.05) is 31.0 Å². The minimum atomic E-state index is -0.867. The van der Waals surface area contributed by atoms with Crippen LogP contribution in [0.5, 0.6) is 0 Å². The highest BCUT2D eigenvalue weighted by Gasteiger charge is 2.21. The van der Waals surface area contributed by atoms with Gasteiger partial charge in [0.2, 0.25) is 5.91 Å². The number of carbonyl (C=O) groups is 1. The van der Waals surface area contributed by atoms with Gasteiger partial charge in [-0.05, 0) is 24.5 Å². The van der Waals surface area contributed by atoms with Crippen molar-refractivity contribution in [2.75, 3.05) is 11.1 Å². The van der Waals surface area contributed by atoms with E-state index in [9.17, 15) is 9.00 Å². The largest absolute Gasteiger partial charge is 0.326 e. The van der Waals surface area contributed by atoms with Gasteiger partial charge in [-0.3, -0.25) is 9.00 Å². The third-order valence-corrected chi connectivity index (χ3v) is 5.54. The van der Waals surface area contributed by atoms with Crippen LogP contribution >= 0.6 is 0 Å². The Morgan fingerprint density at radius 2 is 2.00 bits per heavy atom. The molecule has 1 fully saturated rings. The van der Waals surface area contributed by atoms with Crippen molar-refractivity contribution in [2.24, 2.45) is 5.73 Å². The van der Waals surface area contributed by atoms with E-state index in [2.05, 4.69) is 5.32 Å². The quantitative estimate of drug-likeness (QED) is 0.844. The molecule has 1 aromatic carbocycles. The van der Waals surface area contributed by atoms with Crippen molar-refractivity contribution in [2.45, 2.75) is 43.9 Å². The Morgan fingerprint density at radius 3 is 2.70 bits per heavy atom. The molecule has 1 atom stereocenters. The highest BCUT2D eigenvalue weighted by Crippen LogP contribution is 2.23. The molecule has 5 heteroatoms. The summed E-state index contributed by atoms with van der Waals surface area (Å²) in [7, 11) is -0.867. The van der Waals surface area contributed by atoms with Gasteiger partial charge in [-0.25, -0.2) is 0 Å². The molecule has 0 aromatic heterocycles. The van der Waals surface area contributed by atoms with Crippen molar-refractivity contribution in [1.82, 2.24) is 0 Å². The molecule has 1 amide bonds. The average molecular weight is 294 g/mol. The predicted octanol–water partition coefficient (Wildman–Crippen LogP) is 2.17. The molecule has 110 valence electrons. The summed E-state index contributed by atoms with van der Waals surface area (Å²) in [6.07, 6.45) is 4.75. The number of nitrogens with two attached hydrogens (primary N) is 1. The van der Waals surface area contributed by atoms with Gasteiger partial charge in [0.05, 0.1) is 0 Å². The predicted molar refractivity (Wildman–Crippen MR) is 82.8 cm³/mol. The highest BCUT2D eigenvalue weighted by molar-refractivity contribution is 7.85. The van der Waals surface area contributed by atoms with Crippen molar-refractivity contribution in [3.05, 3.63) is 29.8 Å². The van der Waals surface area contributed by atoms with Gasteiger partial charge < -0.3 is 11.1 Å². The summed E-state index contributed by atoms with van der Waals surface area (Å²) in [5, 5.41) is 3.16. The Kier molecular flexibility index (Phi) is 5.73. The fraction of sp³-hybridized carbons (Fsp3) is 0.533. The molecule has 0 saturated heterocycles. The lowest BCUT2D eigenvalue weighted by Gasteiger charge is -2.11. The summed E-state index contributed by atoms with van der Waals surface area (Å²) in [6.45, 7) is 0.393. The summed E-state index contributed by atoms with van der Waals surface area (Å²) >= 11 is 0. The van der Waals surface area contributed by atoms with Crippen LogP contribution in [-0.4, -0.2) is 21.1 Å². The SMILES string of the molecule is NCc1ccccc1NC(=O)CCS(=O)C1CCCC1. The standard InChI is InChI=1S/C15H22N2O2S/c16-11-12-5-1-4-8-14(12)17-15(18)9-10-20(19)13-6-2-3-7-13/h1,4-5,8,13H,2-3,6-7,9-11,16H2,(H,17,18). The molecule has 1 aliphatic rings. The number of hydrogen-bond acceptors (Lipinski definition) is 3. The van der Waals surface area contributed by atoms with Crippen molar-refractivity contribution in [1.29, 1.82) is 0 Å². The van der Waals surface area contributed by atoms with E-state index in [1.807, 2.05) is 24.3 Å². The molecule has 0 heterocycles. The number of hydrogen-bond donors (Lipinski definition) is 2. The lowest BCUT2D eigenvalue weighted by Crippen LogP contribution is -2.20. The zero-order valence-corrected chi connectivity index (χ0v) is 12.5. The zero-order chi connectivity index (χ0) is 14.4. The van der Waals surface area contributed by atoms with Crippen LogP contribution in [0.2, 0.25) is 0 Å². The smallest absolute Gasteiger partial charge is 0.225 e. The maximum Gasteiger partial charge on any atom is 0.225 e. The fourth-order valence-electron chi connectivity index (χ4n) is 2.54. The van der Waals surface area contributed by atoms with Gasteiger partial charge in [0.1, 0.15) is 0 Å². The number of anilines is 1. The van der Waals surface area contributed by atoms with Crippen LogP contribution in [0.15, 0.2) is 24.3 Å². The second kappa shape index (κ2) is 7.55. The highest BCUT2D eigenvalue weighted by atomic mass is 32.2. The lowest BCUT2D eigenvalue weighted by molar-refractivity contribution is -0.115. The zero-order valence-electron chi connectivity index (χ0n) is 11.6. The second-order valence-electron chi connectivity index (χ2n) is 5.15. The van der Waals surface area contributed by atoms with Gasteiger partial charge in [0, 0.05) is 40.5 Å². The summed E-state index contributed by atoms with van der Waals surface area (Å²) in [6, 6.07) is 7.50. The summed E-state index contributed by atoms with van der Waals surface area (Å²) < 4.78 is 12.0. The molecule has 0 radical (unpaired) electrons. The number of amides is 1. The molecule has 1 aliphatic carbocycles. The number of benzene rings is 1. The van der Waals surface area contributed by atoms with E-state index in [-0.39, 0.29) is 5.91 Å². The number of para-hydroxylation sites is 1. The van der Waals surface area contributed by atoms with E-state index >= 15 is 0 Å². The molecule has 0 aliphatic heterocycles. The first-order chi connectivity index (χ1) is 9.70. The van der Waals surface area contributed by atoms with E-state index in [0.29, 0.717) is 24.0 Å². The molecule has 2 rings (SSSR count). The van der Waals surface area contributed by atoms with Crippen molar-refractivity contribution in [3.63, 3.8) is 0 Å². The summed E-state index contributed by atoms with van der Waals surface area (Å²) in [5.74, 6) is 0.374. The number of carbonyl (C=O) groups excluding carboxylic acids is 1. The molecule has 0 bridgehead atoms. The Labute approximate surface area is 122 Å². The Morgan fingerprint density at radius 1 is 1.30 bits per heavy atom. The van der Waals surface area contributed by atoms with Gasteiger partial charge in [-0.2, -0.15) is 0 Å². The number of rotatable bonds is 6. The number of nitrogens with one attached hydrogen (secondary N) is 1. The molecule has 4 nitrogen and oxygen atoms in total. The Bertz CT molecular complexity index is 485. The lowest BCUT2D eigenvalue weighted by atomic mass is 10.2. The molecule has 3 N–H and O–H groups in total. The van der Waals surface area contributed by atoms with Crippen LogP contribution in [0.3, 0.4) is 0 Å². The van der Waals surface area contributed by atoms with Gasteiger partial charge in [0.15, 0.2) is 0 Å². The van der Waals surface area contributed by atoms with Gasteiger partial charge >= 0.3 is 0 Å². The maximum atomic E-state index is 12.0. The topological polar surface area (TPSA) is 72.2 Å². The second-order valence-corrected chi connectivity index (χ2v) is 6.99. The average Bonchev–Trinajstić information content (AvgIpc) is 2.99. The minimum absolute atomic E-state index is 0.0859. The summed E-state index contributed by atoms with van der Waals surface area (Å²) in [5.41, 5.74) is 7.30. The van der Waals surface area contributed by atoms with Crippen LogP contribution in [0.1, 0.15) is 37.7 Å². The van der Waals surface area contributed by atoms with E-state index in [4.69, 9.17) is 5.73 Å². The summed E-state index contributed by atoms with van der Waals surface area (Å²) in [4.78, 5) is 11.9. The van der Waals surface area contributed by atoms with Crippen molar-refractivity contribution < 1.29 is 9.00 Å².